The largest absolute Gasteiger partial charge is 0.481 e. The van der Waals surface area contributed by atoms with Gasteiger partial charge in [0, 0.05) is 30.8 Å². The van der Waals surface area contributed by atoms with Crippen LogP contribution in [0.3, 0.4) is 0 Å². The zero-order valence-corrected chi connectivity index (χ0v) is 14.0. The fourth-order valence-corrected chi connectivity index (χ4v) is 4.76. The van der Waals surface area contributed by atoms with Crippen LogP contribution in [0.25, 0.3) is 0 Å². The van der Waals surface area contributed by atoms with Crippen LogP contribution >= 0.6 is 11.8 Å². The van der Waals surface area contributed by atoms with Gasteiger partial charge in [-0.2, -0.15) is 0 Å². The molecule has 2 atom stereocenters. The van der Waals surface area contributed by atoms with E-state index in [1.807, 2.05) is 24.3 Å². The summed E-state index contributed by atoms with van der Waals surface area (Å²) in [6, 6.07) is 7.97. The lowest BCUT2D eigenvalue weighted by Crippen LogP contribution is -2.53. The number of carbonyl (C=O) groups is 2. The molecule has 23 heavy (non-hydrogen) atoms. The number of aliphatic carboxylic acids is 1. The third kappa shape index (κ3) is 2.97. The molecule has 2 aliphatic rings. The molecule has 6 heteroatoms. The topological polar surface area (TPSA) is 66.8 Å². The van der Waals surface area contributed by atoms with Gasteiger partial charge in [-0.1, -0.05) is 18.2 Å². The molecule has 1 aromatic carbocycles. The number of hydrogen-bond acceptors (Lipinski definition) is 4. The smallest absolute Gasteiger partial charge is 0.313 e. The van der Waals surface area contributed by atoms with Crippen LogP contribution in [-0.4, -0.2) is 54.4 Å². The zero-order valence-electron chi connectivity index (χ0n) is 13.2. The molecular weight excluding hydrogens is 314 g/mol. The fourth-order valence-electron chi connectivity index (χ4n) is 3.54. The molecule has 2 heterocycles. The van der Waals surface area contributed by atoms with Gasteiger partial charge in [-0.05, 0) is 24.5 Å². The Hall–Kier alpha value is -1.53. The minimum absolute atomic E-state index is 0.0453. The normalized spacial score (nSPS) is 26.8. The lowest BCUT2D eigenvalue weighted by molar-refractivity contribution is -0.159. The number of likely N-dealkylation sites (tertiary alicyclic amines) is 1. The molecule has 0 bridgehead atoms. The first-order chi connectivity index (χ1) is 11.1. The number of carboxylic acids is 1. The first-order valence-electron chi connectivity index (χ1n) is 7.80. The predicted molar refractivity (Wildman–Crippen MR) is 87.7 cm³/mol. The van der Waals surface area contributed by atoms with E-state index < -0.39 is 11.4 Å². The summed E-state index contributed by atoms with van der Waals surface area (Å²) in [4.78, 5) is 27.6. The Morgan fingerprint density at radius 2 is 2.22 bits per heavy atom. The Labute approximate surface area is 140 Å². The van der Waals surface area contributed by atoms with Gasteiger partial charge in [0.15, 0.2) is 0 Å². The second-order valence-electron chi connectivity index (χ2n) is 6.28. The highest BCUT2D eigenvalue weighted by Crippen LogP contribution is 2.41. The Morgan fingerprint density at radius 1 is 1.43 bits per heavy atom. The first-order valence-corrected chi connectivity index (χ1v) is 8.79. The van der Waals surface area contributed by atoms with E-state index in [0.717, 1.165) is 16.2 Å². The second kappa shape index (κ2) is 6.53. The Balaban J connectivity index is 1.79. The van der Waals surface area contributed by atoms with Crippen molar-refractivity contribution in [1.29, 1.82) is 0 Å². The van der Waals surface area contributed by atoms with Gasteiger partial charge >= 0.3 is 5.97 Å². The summed E-state index contributed by atoms with van der Waals surface area (Å²) in [5.74, 6) is -0.260. The number of rotatable bonds is 4. The van der Waals surface area contributed by atoms with E-state index in [1.54, 1.807) is 16.7 Å². The molecule has 0 saturated carbocycles. The molecule has 3 rings (SSSR count). The number of methoxy groups -OCH3 is 1. The number of piperidine rings is 1. The van der Waals surface area contributed by atoms with Gasteiger partial charge in [-0.25, -0.2) is 0 Å². The molecular formula is C17H21NO4S. The van der Waals surface area contributed by atoms with Crippen LogP contribution in [0.2, 0.25) is 0 Å². The van der Waals surface area contributed by atoms with E-state index in [2.05, 4.69) is 0 Å². The molecule has 124 valence electrons. The van der Waals surface area contributed by atoms with Crippen LogP contribution in [0.4, 0.5) is 0 Å². The van der Waals surface area contributed by atoms with E-state index in [-0.39, 0.29) is 25.0 Å². The van der Waals surface area contributed by atoms with Crippen LogP contribution in [0.5, 0.6) is 0 Å². The predicted octanol–water partition coefficient (Wildman–Crippen LogP) is 2.22. The first kappa shape index (κ1) is 16.3. The SMILES string of the molecule is COCC1(C(=O)O)CCCN(C(=O)C2CSc3ccccc32)C1. The minimum atomic E-state index is -0.978. The maximum atomic E-state index is 13.0. The number of carboxylic acid groups (broad SMARTS) is 1. The molecule has 5 nitrogen and oxygen atoms in total. The highest BCUT2D eigenvalue weighted by Gasteiger charge is 2.45. The zero-order chi connectivity index (χ0) is 16.4. The number of nitrogens with zero attached hydrogens (tertiary/aromatic N) is 1. The van der Waals surface area contributed by atoms with Crippen molar-refractivity contribution < 1.29 is 19.4 Å². The Morgan fingerprint density at radius 3 is 2.96 bits per heavy atom. The lowest BCUT2D eigenvalue weighted by Gasteiger charge is -2.40. The molecule has 1 N–H and O–H groups in total. The van der Waals surface area contributed by atoms with E-state index in [1.165, 1.54) is 7.11 Å². The molecule has 0 radical (unpaired) electrons. The lowest BCUT2D eigenvalue weighted by atomic mass is 9.80. The van der Waals surface area contributed by atoms with Gasteiger partial charge in [-0.3, -0.25) is 9.59 Å². The molecule has 1 aromatic rings. The highest BCUT2D eigenvalue weighted by atomic mass is 32.2. The molecule has 0 aromatic heterocycles. The van der Waals surface area contributed by atoms with Crippen LogP contribution in [0.15, 0.2) is 29.2 Å². The number of fused-ring (bicyclic) bond motifs is 1. The van der Waals surface area contributed by atoms with Crippen molar-refractivity contribution in [3.63, 3.8) is 0 Å². The van der Waals surface area contributed by atoms with E-state index in [4.69, 9.17) is 4.74 Å². The summed E-state index contributed by atoms with van der Waals surface area (Å²) in [7, 11) is 1.51. The van der Waals surface area contributed by atoms with Gasteiger partial charge in [0.2, 0.25) is 5.91 Å². The average molecular weight is 335 g/mol. The summed E-state index contributed by atoms with van der Waals surface area (Å²) < 4.78 is 5.13. The molecule has 2 unspecified atom stereocenters. The van der Waals surface area contributed by atoms with E-state index in [0.29, 0.717) is 19.4 Å². The molecule has 1 amide bonds. The van der Waals surface area contributed by atoms with Gasteiger partial charge in [0.25, 0.3) is 0 Å². The summed E-state index contributed by atoms with van der Waals surface area (Å²) in [5.41, 5.74) is 0.0919. The van der Waals surface area contributed by atoms with Crippen molar-refractivity contribution in [2.45, 2.75) is 23.7 Å². The third-order valence-electron chi connectivity index (χ3n) is 4.76. The average Bonchev–Trinajstić information content (AvgIpc) is 2.98. The standard InChI is InChI=1S/C17H21NO4S/c1-22-11-17(16(20)21)7-4-8-18(10-17)15(19)13-9-23-14-6-3-2-5-12(13)14/h2-3,5-6,13H,4,7-11H2,1H3,(H,20,21). The minimum Gasteiger partial charge on any atom is -0.481 e. The number of ether oxygens (including phenoxy) is 1. The number of benzene rings is 1. The molecule has 1 saturated heterocycles. The van der Waals surface area contributed by atoms with E-state index in [9.17, 15) is 14.7 Å². The van der Waals surface area contributed by atoms with Crippen molar-refractivity contribution in [3.05, 3.63) is 29.8 Å². The van der Waals surface area contributed by atoms with Crippen LogP contribution < -0.4 is 0 Å². The van der Waals surface area contributed by atoms with Crippen LogP contribution in [-0.2, 0) is 14.3 Å². The van der Waals surface area contributed by atoms with Crippen molar-refractivity contribution >= 4 is 23.6 Å². The van der Waals surface area contributed by atoms with E-state index >= 15 is 0 Å². The van der Waals surface area contributed by atoms with Gasteiger partial charge < -0.3 is 14.7 Å². The van der Waals surface area contributed by atoms with Crippen molar-refractivity contribution in [3.8, 4) is 0 Å². The quantitative estimate of drug-likeness (QED) is 0.914. The highest BCUT2D eigenvalue weighted by molar-refractivity contribution is 7.99. The van der Waals surface area contributed by atoms with Crippen LogP contribution in [0, 0.1) is 5.41 Å². The molecule has 0 aliphatic carbocycles. The Bertz CT molecular complexity index is 616. The van der Waals surface area contributed by atoms with Crippen molar-refractivity contribution in [2.75, 3.05) is 32.6 Å². The molecule has 0 spiro atoms. The number of amides is 1. The van der Waals surface area contributed by atoms with Crippen LogP contribution in [0.1, 0.15) is 24.3 Å². The number of carbonyl (C=O) groups excluding carboxylic acids is 1. The monoisotopic (exact) mass is 335 g/mol. The third-order valence-corrected chi connectivity index (χ3v) is 5.94. The fraction of sp³-hybridized carbons (Fsp3) is 0.529. The number of thioether (sulfide) groups is 1. The summed E-state index contributed by atoms with van der Waals surface area (Å²) in [6.07, 6.45) is 1.25. The maximum absolute atomic E-state index is 13.0. The van der Waals surface area contributed by atoms with Gasteiger partial charge in [-0.15, -0.1) is 11.8 Å². The second-order valence-corrected chi connectivity index (χ2v) is 7.35. The van der Waals surface area contributed by atoms with Gasteiger partial charge in [0.05, 0.1) is 12.5 Å². The van der Waals surface area contributed by atoms with Crippen molar-refractivity contribution in [2.24, 2.45) is 5.41 Å². The maximum Gasteiger partial charge on any atom is 0.313 e. The van der Waals surface area contributed by atoms with Crippen molar-refractivity contribution in [1.82, 2.24) is 4.90 Å². The summed E-state index contributed by atoms with van der Waals surface area (Å²) in [5, 5.41) is 9.62. The summed E-state index contributed by atoms with van der Waals surface area (Å²) in [6.45, 7) is 1.00. The van der Waals surface area contributed by atoms with Gasteiger partial charge in [0.1, 0.15) is 5.41 Å². The molecule has 1 fully saturated rings. The Kier molecular flexibility index (Phi) is 4.64. The number of hydrogen-bond donors (Lipinski definition) is 1. The summed E-state index contributed by atoms with van der Waals surface area (Å²) >= 11 is 1.70. The molecule has 2 aliphatic heterocycles.